The van der Waals surface area contributed by atoms with E-state index in [4.69, 9.17) is 5.73 Å². The quantitative estimate of drug-likeness (QED) is 0.629. The number of allylic oxidation sites excluding steroid dienone is 3. The fraction of sp³-hybridized carbons (Fsp3) is 0.333. The van der Waals surface area contributed by atoms with Crippen molar-refractivity contribution in [3.05, 3.63) is 69.0 Å². The Labute approximate surface area is 186 Å². The van der Waals surface area contributed by atoms with Gasteiger partial charge in [0.05, 0.1) is 21.8 Å². The molecule has 0 fully saturated rings. The predicted octanol–water partition coefficient (Wildman–Crippen LogP) is 5.65. The molecule has 0 saturated heterocycles. The van der Waals surface area contributed by atoms with Crippen LogP contribution < -0.4 is 10.6 Å². The van der Waals surface area contributed by atoms with Gasteiger partial charge in [0.1, 0.15) is 5.82 Å². The number of thioether (sulfide) groups is 1. The topological polar surface area (TPSA) is 70.1 Å². The van der Waals surface area contributed by atoms with Gasteiger partial charge in [-0.1, -0.05) is 19.1 Å². The maximum atomic E-state index is 13.2. The van der Waals surface area contributed by atoms with Crippen LogP contribution in [0.3, 0.4) is 0 Å². The van der Waals surface area contributed by atoms with Crippen LogP contribution in [0.1, 0.15) is 48.1 Å². The van der Waals surface area contributed by atoms with E-state index < -0.39 is 0 Å². The zero-order valence-electron chi connectivity index (χ0n) is 17.5. The van der Waals surface area contributed by atoms with Gasteiger partial charge in [0.2, 0.25) is 0 Å². The number of thiophene rings is 1. The minimum Gasteiger partial charge on any atom is -0.384 e. The van der Waals surface area contributed by atoms with E-state index in [2.05, 4.69) is 38.1 Å². The monoisotopic (exact) mass is 435 g/mol. The lowest BCUT2D eigenvalue weighted by atomic mass is 9.76. The van der Waals surface area contributed by atoms with E-state index in [1.54, 1.807) is 23.1 Å². The SMILES string of the molecule is CCc1ccc(N2C(N)=C(C#N)[C@H](c3cc(C)sc3SC)C3=C2CCCC3=O)cc1. The summed E-state index contributed by atoms with van der Waals surface area (Å²) < 4.78 is 1.14. The van der Waals surface area contributed by atoms with E-state index in [-0.39, 0.29) is 11.7 Å². The first-order valence-electron chi connectivity index (χ1n) is 10.2. The summed E-state index contributed by atoms with van der Waals surface area (Å²) in [6.45, 7) is 4.19. The number of carbonyl (C=O) groups is 1. The van der Waals surface area contributed by atoms with Crippen molar-refractivity contribution in [1.82, 2.24) is 0 Å². The number of nitrogens with two attached hydrogens (primary N) is 1. The van der Waals surface area contributed by atoms with Gasteiger partial charge >= 0.3 is 0 Å². The Hall–Kier alpha value is -2.49. The van der Waals surface area contributed by atoms with Crippen molar-refractivity contribution in [3.63, 3.8) is 0 Å². The van der Waals surface area contributed by atoms with Crippen molar-refractivity contribution in [3.8, 4) is 6.07 Å². The van der Waals surface area contributed by atoms with Crippen molar-refractivity contribution in [2.45, 2.75) is 49.7 Å². The molecule has 0 saturated carbocycles. The number of nitriles is 1. The summed E-state index contributed by atoms with van der Waals surface area (Å²) in [6, 6.07) is 12.7. The fourth-order valence-electron chi connectivity index (χ4n) is 4.45. The zero-order valence-corrected chi connectivity index (χ0v) is 19.1. The highest BCUT2D eigenvalue weighted by molar-refractivity contribution is 8.00. The summed E-state index contributed by atoms with van der Waals surface area (Å²) in [5.41, 5.74) is 12.0. The number of rotatable bonds is 4. The van der Waals surface area contributed by atoms with E-state index in [0.29, 0.717) is 17.8 Å². The number of hydrogen-bond acceptors (Lipinski definition) is 6. The molecule has 154 valence electrons. The highest BCUT2D eigenvalue weighted by atomic mass is 32.2. The number of nitrogens with zero attached hydrogens (tertiary/aromatic N) is 2. The molecule has 4 nitrogen and oxygen atoms in total. The molecule has 6 heteroatoms. The molecule has 2 heterocycles. The number of anilines is 1. The van der Waals surface area contributed by atoms with Crippen LogP contribution in [0.5, 0.6) is 0 Å². The van der Waals surface area contributed by atoms with Crippen molar-refractivity contribution < 1.29 is 4.79 Å². The van der Waals surface area contributed by atoms with E-state index >= 15 is 0 Å². The van der Waals surface area contributed by atoms with Crippen LogP contribution in [0.15, 0.2) is 57.2 Å². The first-order valence-corrected chi connectivity index (χ1v) is 12.2. The number of aryl methyl sites for hydroxylation is 2. The third kappa shape index (κ3) is 3.36. The van der Waals surface area contributed by atoms with Gasteiger partial charge < -0.3 is 5.73 Å². The van der Waals surface area contributed by atoms with Crippen molar-refractivity contribution >= 4 is 34.6 Å². The molecule has 0 amide bonds. The summed E-state index contributed by atoms with van der Waals surface area (Å²) in [6.07, 6.45) is 5.11. The standard InChI is InChI=1S/C24H25N3OS2/c1-4-15-8-10-16(11-9-15)27-19-6-5-7-20(28)22(19)21(18(13-25)23(27)26)17-12-14(2)30-24(17)29-3/h8-12,21H,4-7,26H2,1-3H3/t21-/m0/s1. The number of carbonyl (C=O) groups excluding carboxylic acids is 1. The molecule has 0 unspecified atom stereocenters. The lowest BCUT2D eigenvalue weighted by Crippen LogP contribution is -2.38. The van der Waals surface area contributed by atoms with Gasteiger partial charge in [-0.3, -0.25) is 9.69 Å². The molecule has 1 aromatic heterocycles. The number of benzene rings is 1. The molecule has 0 spiro atoms. The molecule has 4 rings (SSSR count). The van der Waals surface area contributed by atoms with Gasteiger partial charge in [-0.05, 0) is 61.8 Å². The van der Waals surface area contributed by atoms with Gasteiger partial charge in [-0.2, -0.15) is 5.26 Å². The van der Waals surface area contributed by atoms with Gasteiger partial charge in [0.15, 0.2) is 5.78 Å². The smallest absolute Gasteiger partial charge is 0.161 e. The minimum absolute atomic E-state index is 0.132. The second-order valence-corrected chi connectivity index (χ2v) is 9.97. The van der Waals surface area contributed by atoms with E-state index in [1.807, 2.05) is 23.3 Å². The maximum absolute atomic E-state index is 13.2. The Kier molecular flexibility index (Phi) is 5.77. The maximum Gasteiger partial charge on any atom is 0.161 e. The van der Waals surface area contributed by atoms with Crippen LogP contribution in [0, 0.1) is 18.3 Å². The van der Waals surface area contributed by atoms with Crippen molar-refractivity contribution in [1.29, 1.82) is 5.26 Å². The minimum atomic E-state index is -0.378. The van der Waals surface area contributed by atoms with Gasteiger partial charge in [-0.15, -0.1) is 23.1 Å². The summed E-state index contributed by atoms with van der Waals surface area (Å²) in [5, 5.41) is 10.1. The predicted molar refractivity (Wildman–Crippen MR) is 125 cm³/mol. The molecule has 1 aliphatic carbocycles. The summed E-state index contributed by atoms with van der Waals surface area (Å²) in [4.78, 5) is 16.3. The summed E-state index contributed by atoms with van der Waals surface area (Å²) in [7, 11) is 0. The molecular weight excluding hydrogens is 410 g/mol. The first kappa shape index (κ1) is 20.8. The average molecular weight is 436 g/mol. The van der Waals surface area contributed by atoms with Gasteiger partial charge in [-0.25, -0.2) is 0 Å². The van der Waals surface area contributed by atoms with E-state index in [0.717, 1.165) is 46.0 Å². The van der Waals surface area contributed by atoms with Crippen LogP contribution in [0.2, 0.25) is 0 Å². The fourth-order valence-corrected chi connectivity index (χ4v) is 6.36. The van der Waals surface area contributed by atoms with E-state index in [1.165, 1.54) is 10.4 Å². The lowest BCUT2D eigenvalue weighted by Gasteiger charge is -2.39. The zero-order chi connectivity index (χ0) is 21.4. The highest BCUT2D eigenvalue weighted by Crippen LogP contribution is 2.49. The molecule has 2 aromatic rings. The Bertz CT molecular complexity index is 1100. The summed E-state index contributed by atoms with van der Waals surface area (Å²) in [5.74, 6) is 0.194. The van der Waals surface area contributed by atoms with Crippen molar-refractivity contribution in [2.75, 3.05) is 11.2 Å². The largest absolute Gasteiger partial charge is 0.384 e. The third-order valence-electron chi connectivity index (χ3n) is 5.86. The van der Waals surface area contributed by atoms with Crippen LogP contribution in [-0.4, -0.2) is 12.0 Å². The third-order valence-corrected chi connectivity index (χ3v) is 8.08. The Morgan fingerprint density at radius 3 is 2.67 bits per heavy atom. The second kappa shape index (κ2) is 8.33. The Morgan fingerprint density at radius 1 is 1.30 bits per heavy atom. The van der Waals surface area contributed by atoms with Crippen LogP contribution in [0.4, 0.5) is 5.69 Å². The molecule has 0 radical (unpaired) electrons. The van der Waals surface area contributed by atoms with Crippen LogP contribution >= 0.6 is 23.1 Å². The molecule has 2 aliphatic rings. The number of hydrogen-bond donors (Lipinski definition) is 1. The molecule has 1 aromatic carbocycles. The average Bonchev–Trinajstić information content (AvgIpc) is 3.13. The molecule has 1 aliphatic heterocycles. The Balaban J connectivity index is 1.95. The molecule has 1 atom stereocenters. The lowest BCUT2D eigenvalue weighted by molar-refractivity contribution is -0.116. The molecule has 30 heavy (non-hydrogen) atoms. The van der Waals surface area contributed by atoms with Crippen LogP contribution in [-0.2, 0) is 11.2 Å². The number of ketones is 1. The molecule has 0 bridgehead atoms. The number of Topliss-reactive ketones (excluding diaryl/α,β-unsaturated/α-hetero) is 1. The normalized spacial score (nSPS) is 19.2. The molecular formula is C24H25N3OS2. The highest BCUT2D eigenvalue weighted by Gasteiger charge is 2.41. The van der Waals surface area contributed by atoms with Gasteiger partial charge in [0.25, 0.3) is 0 Å². The summed E-state index contributed by atoms with van der Waals surface area (Å²) >= 11 is 3.37. The Morgan fingerprint density at radius 2 is 2.03 bits per heavy atom. The van der Waals surface area contributed by atoms with E-state index in [9.17, 15) is 10.1 Å². The van der Waals surface area contributed by atoms with Crippen molar-refractivity contribution in [2.24, 2.45) is 5.73 Å². The van der Waals surface area contributed by atoms with Crippen LogP contribution in [0.25, 0.3) is 0 Å². The second-order valence-electron chi connectivity index (χ2n) is 7.64. The molecule has 2 N–H and O–H groups in total. The first-order chi connectivity index (χ1) is 14.5. The van der Waals surface area contributed by atoms with Gasteiger partial charge in [0, 0.05) is 28.3 Å².